The van der Waals surface area contributed by atoms with E-state index in [4.69, 9.17) is 9.52 Å². The molecule has 2 aromatic rings. The van der Waals surface area contributed by atoms with E-state index in [1.165, 1.54) is 17.7 Å². The summed E-state index contributed by atoms with van der Waals surface area (Å²) in [5.41, 5.74) is 2.21. The molecule has 0 aliphatic rings. The summed E-state index contributed by atoms with van der Waals surface area (Å²) in [6.45, 7) is 3.94. The second kappa shape index (κ2) is 6.26. The van der Waals surface area contributed by atoms with Crippen LogP contribution in [-0.2, 0) is 6.42 Å². The van der Waals surface area contributed by atoms with Gasteiger partial charge in [0.15, 0.2) is 5.76 Å². The number of carboxylic acid groups (broad SMARTS) is 1. The molecule has 5 nitrogen and oxygen atoms in total. The fourth-order valence-electron chi connectivity index (χ4n) is 1.97. The van der Waals surface area contributed by atoms with Crippen molar-refractivity contribution in [2.75, 3.05) is 0 Å². The van der Waals surface area contributed by atoms with Crippen molar-refractivity contribution in [1.82, 2.24) is 5.32 Å². The Hall–Kier alpha value is -2.56. The van der Waals surface area contributed by atoms with Crippen LogP contribution in [0.15, 0.2) is 40.8 Å². The van der Waals surface area contributed by atoms with Gasteiger partial charge in [-0.3, -0.25) is 4.79 Å². The predicted octanol–water partition coefficient (Wildman–Crippen LogP) is 3.03. The molecule has 1 aromatic carbocycles. The third kappa shape index (κ3) is 3.51. The van der Waals surface area contributed by atoms with E-state index in [9.17, 15) is 9.59 Å². The zero-order chi connectivity index (χ0) is 15.4. The van der Waals surface area contributed by atoms with E-state index in [1.54, 1.807) is 0 Å². The number of aryl methyl sites for hydroxylation is 1. The molecule has 0 radical (unpaired) electrons. The molecule has 0 aliphatic heterocycles. The van der Waals surface area contributed by atoms with Crippen molar-refractivity contribution >= 4 is 11.9 Å². The lowest BCUT2D eigenvalue weighted by Crippen LogP contribution is -2.26. The van der Waals surface area contributed by atoms with Gasteiger partial charge in [0.1, 0.15) is 0 Å². The van der Waals surface area contributed by atoms with Crippen molar-refractivity contribution in [3.63, 3.8) is 0 Å². The summed E-state index contributed by atoms with van der Waals surface area (Å²) >= 11 is 0. The number of hydrogen-bond acceptors (Lipinski definition) is 3. The van der Waals surface area contributed by atoms with E-state index in [0.29, 0.717) is 0 Å². The average Bonchev–Trinajstić information content (AvgIpc) is 2.97. The Balaban J connectivity index is 2.05. The zero-order valence-electron chi connectivity index (χ0n) is 11.9. The first-order valence-electron chi connectivity index (χ1n) is 6.74. The van der Waals surface area contributed by atoms with Crippen LogP contribution in [0, 0.1) is 0 Å². The number of carbonyl (C=O) groups is 2. The van der Waals surface area contributed by atoms with Crippen LogP contribution in [0.1, 0.15) is 52.1 Å². The molecule has 0 saturated heterocycles. The van der Waals surface area contributed by atoms with Gasteiger partial charge in [-0.1, -0.05) is 31.2 Å². The number of benzene rings is 1. The molecule has 1 heterocycles. The quantitative estimate of drug-likeness (QED) is 0.885. The minimum absolute atomic E-state index is 0.00979. The summed E-state index contributed by atoms with van der Waals surface area (Å²) in [6.07, 6.45) is 0.964. The Morgan fingerprint density at radius 3 is 2.29 bits per heavy atom. The first-order chi connectivity index (χ1) is 10.0. The number of carbonyl (C=O) groups excluding carboxylic acids is 1. The summed E-state index contributed by atoms with van der Waals surface area (Å²) in [5.74, 6) is -1.89. The maximum Gasteiger partial charge on any atom is 0.371 e. The van der Waals surface area contributed by atoms with Gasteiger partial charge in [0.2, 0.25) is 5.76 Å². The second-order valence-corrected chi connectivity index (χ2v) is 4.76. The molecule has 110 valence electrons. The van der Waals surface area contributed by atoms with Crippen LogP contribution in [0.25, 0.3) is 0 Å². The maximum absolute atomic E-state index is 12.0. The molecule has 0 saturated carbocycles. The fourth-order valence-corrected chi connectivity index (χ4v) is 1.97. The molecular weight excluding hydrogens is 270 g/mol. The summed E-state index contributed by atoms with van der Waals surface area (Å²) in [7, 11) is 0. The van der Waals surface area contributed by atoms with Crippen LogP contribution in [0.4, 0.5) is 0 Å². The minimum atomic E-state index is -1.20. The lowest BCUT2D eigenvalue weighted by molar-refractivity contribution is 0.0659. The number of carboxylic acids is 1. The van der Waals surface area contributed by atoms with Gasteiger partial charge in [0.25, 0.3) is 5.91 Å². The standard InChI is InChI=1S/C16H17NO4/c1-3-11-4-6-12(7-5-11)10(2)17-15(18)13-8-9-14(21-13)16(19)20/h4-10H,3H2,1-2H3,(H,17,18)(H,19,20). The Labute approximate surface area is 122 Å². The van der Waals surface area contributed by atoms with Gasteiger partial charge in [-0.15, -0.1) is 0 Å². The minimum Gasteiger partial charge on any atom is -0.475 e. The highest BCUT2D eigenvalue weighted by Gasteiger charge is 2.17. The molecule has 1 atom stereocenters. The number of furan rings is 1. The highest BCUT2D eigenvalue weighted by Crippen LogP contribution is 2.15. The molecule has 1 unspecified atom stereocenters. The van der Waals surface area contributed by atoms with Crippen LogP contribution in [0.3, 0.4) is 0 Å². The number of amides is 1. The first kappa shape index (κ1) is 14.8. The average molecular weight is 287 g/mol. The van der Waals surface area contributed by atoms with Gasteiger partial charge in [0.05, 0.1) is 6.04 Å². The SMILES string of the molecule is CCc1ccc(C(C)NC(=O)c2ccc(C(=O)O)o2)cc1. The van der Waals surface area contributed by atoms with Crippen LogP contribution < -0.4 is 5.32 Å². The Kier molecular flexibility index (Phi) is 4.42. The molecule has 1 aromatic heterocycles. The largest absolute Gasteiger partial charge is 0.475 e. The van der Waals surface area contributed by atoms with Gasteiger partial charge in [0, 0.05) is 0 Å². The van der Waals surface area contributed by atoms with Crippen LogP contribution >= 0.6 is 0 Å². The van der Waals surface area contributed by atoms with Crippen molar-refractivity contribution < 1.29 is 19.1 Å². The fraction of sp³-hybridized carbons (Fsp3) is 0.250. The third-order valence-electron chi connectivity index (χ3n) is 3.28. The summed E-state index contributed by atoms with van der Waals surface area (Å²) in [6, 6.07) is 10.4. The van der Waals surface area contributed by atoms with Crippen molar-refractivity contribution in [3.05, 3.63) is 59.0 Å². The van der Waals surface area contributed by atoms with Crippen molar-refractivity contribution in [3.8, 4) is 0 Å². The molecule has 2 rings (SSSR count). The normalized spacial score (nSPS) is 11.9. The van der Waals surface area contributed by atoms with Crippen LogP contribution in [0.5, 0.6) is 0 Å². The highest BCUT2D eigenvalue weighted by atomic mass is 16.4. The Bertz CT molecular complexity index is 643. The van der Waals surface area contributed by atoms with Crippen molar-refractivity contribution in [1.29, 1.82) is 0 Å². The number of hydrogen-bond donors (Lipinski definition) is 2. The van der Waals surface area contributed by atoms with Gasteiger partial charge < -0.3 is 14.8 Å². The zero-order valence-corrected chi connectivity index (χ0v) is 11.9. The number of aromatic carboxylic acids is 1. The van der Waals surface area contributed by atoms with E-state index in [-0.39, 0.29) is 17.6 Å². The molecule has 0 bridgehead atoms. The van der Waals surface area contributed by atoms with E-state index in [0.717, 1.165) is 12.0 Å². The van der Waals surface area contributed by atoms with Gasteiger partial charge in [-0.2, -0.15) is 0 Å². The number of nitrogens with one attached hydrogen (secondary N) is 1. The van der Waals surface area contributed by atoms with Crippen molar-refractivity contribution in [2.24, 2.45) is 0 Å². The smallest absolute Gasteiger partial charge is 0.371 e. The maximum atomic E-state index is 12.0. The second-order valence-electron chi connectivity index (χ2n) is 4.76. The third-order valence-corrected chi connectivity index (χ3v) is 3.28. The highest BCUT2D eigenvalue weighted by molar-refractivity contribution is 5.93. The summed E-state index contributed by atoms with van der Waals surface area (Å²) in [5, 5.41) is 11.5. The van der Waals surface area contributed by atoms with E-state index < -0.39 is 11.9 Å². The topological polar surface area (TPSA) is 79.5 Å². The lowest BCUT2D eigenvalue weighted by Gasteiger charge is -2.13. The molecular formula is C16H17NO4. The Morgan fingerprint density at radius 2 is 1.76 bits per heavy atom. The van der Waals surface area contributed by atoms with E-state index in [1.807, 2.05) is 31.2 Å². The molecule has 0 fully saturated rings. The predicted molar refractivity (Wildman–Crippen MR) is 77.4 cm³/mol. The van der Waals surface area contributed by atoms with Gasteiger partial charge >= 0.3 is 5.97 Å². The monoisotopic (exact) mass is 287 g/mol. The first-order valence-corrected chi connectivity index (χ1v) is 6.74. The summed E-state index contributed by atoms with van der Waals surface area (Å²) < 4.78 is 4.97. The lowest BCUT2D eigenvalue weighted by atomic mass is 10.0. The van der Waals surface area contributed by atoms with Gasteiger partial charge in [-0.05, 0) is 36.6 Å². The number of rotatable bonds is 5. The molecule has 0 spiro atoms. The van der Waals surface area contributed by atoms with Gasteiger partial charge in [-0.25, -0.2) is 4.79 Å². The van der Waals surface area contributed by atoms with E-state index >= 15 is 0 Å². The molecule has 0 aliphatic carbocycles. The van der Waals surface area contributed by atoms with Crippen molar-refractivity contribution in [2.45, 2.75) is 26.3 Å². The van der Waals surface area contributed by atoms with Crippen LogP contribution in [-0.4, -0.2) is 17.0 Å². The molecule has 1 amide bonds. The van der Waals surface area contributed by atoms with E-state index in [2.05, 4.69) is 12.2 Å². The van der Waals surface area contributed by atoms with Crippen LogP contribution in [0.2, 0.25) is 0 Å². The molecule has 21 heavy (non-hydrogen) atoms. The molecule has 2 N–H and O–H groups in total. The Morgan fingerprint density at radius 1 is 1.14 bits per heavy atom. The molecule has 5 heteroatoms. The summed E-state index contributed by atoms with van der Waals surface area (Å²) in [4.78, 5) is 22.7.